The Hall–Kier alpha value is -2.37. The Labute approximate surface area is 85.8 Å². The van der Waals surface area contributed by atoms with Gasteiger partial charge in [-0.25, -0.2) is 4.98 Å². The van der Waals surface area contributed by atoms with Crippen molar-refractivity contribution < 1.29 is 0 Å². The van der Waals surface area contributed by atoms with Gasteiger partial charge in [-0.2, -0.15) is 9.98 Å². The van der Waals surface area contributed by atoms with E-state index in [4.69, 9.17) is 17.2 Å². The Bertz CT molecular complexity index is 529. The van der Waals surface area contributed by atoms with Crippen LogP contribution in [0.5, 0.6) is 0 Å². The standard InChI is InChI=1S/C9H10N6/c10-8(11)14-7-5-3-1-2-4-6(5)13-9(12)15-7/h1-4H,(H6,10,11,12,13,14,15). The van der Waals surface area contributed by atoms with E-state index in [9.17, 15) is 0 Å². The summed E-state index contributed by atoms with van der Waals surface area (Å²) in [6, 6.07) is 7.36. The lowest BCUT2D eigenvalue weighted by atomic mass is 10.2. The molecule has 6 heteroatoms. The third-order valence-corrected chi connectivity index (χ3v) is 1.84. The fourth-order valence-electron chi connectivity index (χ4n) is 1.28. The van der Waals surface area contributed by atoms with Gasteiger partial charge in [0, 0.05) is 5.39 Å². The first-order valence-corrected chi connectivity index (χ1v) is 4.29. The largest absolute Gasteiger partial charge is 0.370 e. The van der Waals surface area contributed by atoms with Crippen LogP contribution in [0, 0.1) is 0 Å². The Morgan fingerprint density at radius 3 is 2.60 bits per heavy atom. The van der Waals surface area contributed by atoms with Crippen molar-refractivity contribution in [2.24, 2.45) is 16.5 Å². The van der Waals surface area contributed by atoms with Gasteiger partial charge in [0.1, 0.15) is 0 Å². The number of para-hydroxylation sites is 1. The predicted molar refractivity (Wildman–Crippen MR) is 59.4 cm³/mol. The molecule has 0 amide bonds. The molecular weight excluding hydrogens is 192 g/mol. The zero-order valence-electron chi connectivity index (χ0n) is 7.88. The number of hydrogen-bond acceptors (Lipinski definition) is 4. The highest BCUT2D eigenvalue weighted by Crippen LogP contribution is 2.22. The SMILES string of the molecule is NC(N)=Nc1nc(N)nc2ccccc12. The molecule has 0 unspecified atom stereocenters. The molecule has 0 atom stereocenters. The summed E-state index contributed by atoms with van der Waals surface area (Å²) < 4.78 is 0. The van der Waals surface area contributed by atoms with Crippen molar-refractivity contribution in [2.75, 3.05) is 5.73 Å². The summed E-state index contributed by atoms with van der Waals surface area (Å²) in [6.07, 6.45) is 0. The highest BCUT2D eigenvalue weighted by atomic mass is 15.1. The van der Waals surface area contributed by atoms with E-state index in [1.165, 1.54) is 0 Å². The van der Waals surface area contributed by atoms with Gasteiger partial charge in [0.15, 0.2) is 11.8 Å². The molecule has 0 saturated heterocycles. The number of guanidine groups is 1. The number of aliphatic imine (C=N–C) groups is 1. The van der Waals surface area contributed by atoms with Crippen molar-refractivity contribution >= 4 is 28.6 Å². The minimum absolute atomic E-state index is 0.0572. The first-order chi connectivity index (χ1) is 7.16. The van der Waals surface area contributed by atoms with E-state index in [1.807, 2.05) is 24.3 Å². The second-order valence-electron chi connectivity index (χ2n) is 2.96. The van der Waals surface area contributed by atoms with Crippen LogP contribution in [0.3, 0.4) is 0 Å². The molecule has 2 rings (SSSR count). The molecule has 0 spiro atoms. The summed E-state index contributed by atoms with van der Waals surface area (Å²) in [5.74, 6) is 0.477. The maximum absolute atomic E-state index is 5.53. The summed E-state index contributed by atoms with van der Waals surface area (Å²) in [6.45, 7) is 0. The zero-order valence-corrected chi connectivity index (χ0v) is 7.88. The quantitative estimate of drug-likeness (QED) is 0.448. The van der Waals surface area contributed by atoms with E-state index in [2.05, 4.69) is 15.0 Å². The van der Waals surface area contributed by atoms with Crippen LogP contribution in [0.1, 0.15) is 0 Å². The van der Waals surface area contributed by atoms with Crippen LogP contribution >= 0.6 is 0 Å². The molecule has 0 radical (unpaired) electrons. The van der Waals surface area contributed by atoms with Gasteiger partial charge in [-0.3, -0.25) is 0 Å². The van der Waals surface area contributed by atoms with Gasteiger partial charge >= 0.3 is 0 Å². The van der Waals surface area contributed by atoms with Crippen molar-refractivity contribution in [3.8, 4) is 0 Å². The molecule has 6 nitrogen and oxygen atoms in total. The summed E-state index contributed by atoms with van der Waals surface area (Å²) in [4.78, 5) is 11.9. The van der Waals surface area contributed by atoms with Crippen LogP contribution in [0.2, 0.25) is 0 Å². The molecule has 0 saturated carbocycles. The summed E-state index contributed by atoms with van der Waals surface area (Å²) in [5, 5.41) is 0.764. The number of rotatable bonds is 1. The molecule has 6 N–H and O–H groups in total. The van der Waals surface area contributed by atoms with Gasteiger partial charge in [-0.15, -0.1) is 0 Å². The highest BCUT2D eigenvalue weighted by molar-refractivity contribution is 5.91. The number of fused-ring (bicyclic) bond motifs is 1. The Kier molecular flexibility index (Phi) is 2.09. The van der Waals surface area contributed by atoms with Crippen LogP contribution in [-0.4, -0.2) is 15.9 Å². The molecular formula is C9H10N6. The molecule has 2 aromatic rings. The van der Waals surface area contributed by atoms with Gasteiger partial charge in [0.05, 0.1) is 5.52 Å². The predicted octanol–water partition coefficient (Wildman–Crippen LogP) is 0.117. The number of nitrogens with two attached hydrogens (primary N) is 3. The highest BCUT2D eigenvalue weighted by Gasteiger charge is 2.04. The Balaban J connectivity index is 2.77. The maximum Gasteiger partial charge on any atom is 0.222 e. The fraction of sp³-hybridized carbons (Fsp3) is 0. The van der Waals surface area contributed by atoms with Gasteiger partial charge in [0.2, 0.25) is 5.95 Å². The van der Waals surface area contributed by atoms with E-state index >= 15 is 0 Å². The van der Waals surface area contributed by atoms with Crippen molar-refractivity contribution in [3.63, 3.8) is 0 Å². The lowest BCUT2D eigenvalue weighted by Gasteiger charge is -2.01. The van der Waals surface area contributed by atoms with E-state index in [1.54, 1.807) is 0 Å². The topological polar surface area (TPSA) is 116 Å². The van der Waals surface area contributed by atoms with Crippen LogP contribution in [0.15, 0.2) is 29.3 Å². The average molecular weight is 202 g/mol. The molecule has 76 valence electrons. The van der Waals surface area contributed by atoms with Crippen molar-refractivity contribution in [1.82, 2.24) is 9.97 Å². The number of anilines is 1. The second-order valence-corrected chi connectivity index (χ2v) is 2.96. The van der Waals surface area contributed by atoms with E-state index in [0.717, 1.165) is 5.39 Å². The Morgan fingerprint density at radius 1 is 1.13 bits per heavy atom. The van der Waals surface area contributed by atoms with Gasteiger partial charge < -0.3 is 17.2 Å². The average Bonchev–Trinajstić information content (AvgIpc) is 2.16. The van der Waals surface area contributed by atoms with Crippen molar-refractivity contribution in [2.45, 2.75) is 0 Å². The molecule has 0 aliphatic rings. The van der Waals surface area contributed by atoms with Gasteiger partial charge in [0.25, 0.3) is 0 Å². The van der Waals surface area contributed by atoms with Gasteiger partial charge in [-0.05, 0) is 12.1 Å². The molecule has 1 aromatic heterocycles. The molecule has 1 aromatic carbocycles. The molecule has 0 aliphatic heterocycles. The molecule has 15 heavy (non-hydrogen) atoms. The fourth-order valence-corrected chi connectivity index (χ4v) is 1.28. The number of nitrogens with zero attached hydrogens (tertiary/aromatic N) is 3. The van der Waals surface area contributed by atoms with Crippen LogP contribution in [0.4, 0.5) is 11.8 Å². The second kappa shape index (κ2) is 3.41. The minimum atomic E-state index is -0.0572. The first-order valence-electron chi connectivity index (χ1n) is 4.29. The third-order valence-electron chi connectivity index (χ3n) is 1.84. The van der Waals surface area contributed by atoms with E-state index in [0.29, 0.717) is 11.3 Å². The minimum Gasteiger partial charge on any atom is -0.370 e. The Morgan fingerprint density at radius 2 is 1.87 bits per heavy atom. The normalized spacial score (nSPS) is 10.1. The number of hydrogen-bond donors (Lipinski definition) is 3. The van der Waals surface area contributed by atoms with Crippen LogP contribution < -0.4 is 17.2 Å². The van der Waals surface area contributed by atoms with Gasteiger partial charge in [-0.1, -0.05) is 12.1 Å². The third kappa shape index (κ3) is 1.78. The van der Waals surface area contributed by atoms with Crippen LogP contribution in [0.25, 0.3) is 10.9 Å². The first kappa shape index (κ1) is 9.20. The summed E-state index contributed by atoms with van der Waals surface area (Å²) in [7, 11) is 0. The molecule has 0 bridgehead atoms. The zero-order chi connectivity index (χ0) is 10.8. The summed E-state index contributed by atoms with van der Waals surface area (Å²) in [5.41, 5.74) is 16.8. The number of benzene rings is 1. The molecule has 1 heterocycles. The number of aromatic nitrogens is 2. The van der Waals surface area contributed by atoms with Crippen LogP contribution in [-0.2, 0) is 0 Å². The van der Waals surface area contributed by atoms with Crippen molar-refractivity contribution in [1.29, 1.82) is 0 Å². The lowest BCUT2D eigenvalue weighted by molar-refractivity contribution is 1.21. The molecule has 0 aliphatic carbocycles. The van der Waals surface area contributed by atoms with E-state index < -0.39 is 0 Å². The lowest BCUT2D eigenvalue weighted by Crippen LogP contribution is -2.22. The molecule has 0 fully saturated rings. The maximum atomic E-state index is 5.53. The van der Waals surface area contributed by atoms with E-state index in [-0.39, 0.29) is 11.9 Å². The smallest absolute Gasteiger partial charge is 0.222 e. The monoisotopic (exact) mass is 202 g/mol. The summed E-state index contributed by atoms with van der Waals surface area (Å²) >= 11 is 0. The van der Waals surface area contributed by atoms with Crippen molar-refractivity contribution in [3.05, 3.63) is 24.3 Å². The number of nitrogen functional groups attached to an aromatic ring is 1.